The van der Waals surface area contributed by atoms with E-state index >= 15 is 0 Å². The van der Waals surface area contributed by atoms with Gasteiger partial charge in [0.2, 0.25) is 0 Å². The summed E-state index contributed by atoms with van der Waals surface area (Å²) < 4.78 is 0. The lowest BCUT2D eigenvalue weighted by Crippen LogP contribution is -2.16. The Balaban J connectivity index is 1.35. The van der Waals surface area contributed by atoms with Gasteiger partial charge in [-0.25, -0.2) is 0 Å². The van der Waals surface area contributed by atoms with Crippen molar-refractivity contribution in [1.82, 2.24) is 9.97 Å². The van der Waals surface area contributed by atoms with E-state index < -0.39 is 0 Å². The molecule has 1 aliphatic carbocycles. The van der Waals surface area contributed by atoms with Gasteiger partial charge in [-0.1, -0.05) is 92.7 Å². The zero-order valence-corrected chi connectivity index (χ0v) is 21.9. The summed E-state index contributed by atoms with van der Waals surface area (Å²) in [5.41, 5.74) is 9.60. The van der Waals surface area contributed by atoms with Gasteiger partial charge in [-0.2, -0.15) is 0 Å². The van der Waals surface area contributed by atoms with Crippen molar-refractivity contribution in [2.24, 2.45) is 0 Å². The van der Waals surface area contributed by atoms with Crippen molar-refractivity contribution in [3.63, 3.8) is 0 Å². The molecule has 1 aliphatic rings. The van der Waals surface area contributed by atoms with Crippen LogP contribution in [-0.4, -0.2) is 9.97 Å². The zero-order chi connectivity index (χ0) is 26.1. The lowest BCUT2D eigenvalue weighted by molar-refractivity contribution is 0.672. The van der Waals surface area contributed by atoms with Crippen LogP contribution in [0.4, 0.5) is 0 Å². The first-order chi connectivity index (χ1) is 19.1. The number of hydrogen-bond acceptors (Lipinski definition) is 2. The standard InChI is InChI=1S/C37H26N2/c1-37(2)35-26-16-14-23(24-18-20-39-33(22-24)32-13-7-8-19-38-32)21-25(26)15-17-31(35)34-29-11-5-3-9-27(29)28-10-4-6-12-30(28)36(34)37/h3-22H,1-2H3. The van der Waals surface area contributed by atoms with E-state index in [1.54, 1.807) is 0 Å². The smallest absolute Gasteiger partial charge is 0.0892 e. The summed E-state index contributed by atoms with van der Waals surface area (Å²) in [5, 5.41) is 7.94. The van der Waals surface area contributed by atoms with Gasteiger partial charge in [-0.05, 0) is 96.0 Å². The third-order valence-corrected chi connectivity index (χ3v) is 8.49. The summed E-state index contributed by atoms with van der Waals surface area (Å²) in [6, 6.07) is 39.5. The van der Waals surface area contributed by atoms with Gasteiger partial charge in [0.25, 0.3) is 0 Å². The molecule has 39 heavy (non-hydrogen) atoms. The molecular formula is C37H26N2. The number of pyridine rings is 2. The molecule has 0 aliphatic heterocycles. The van der Waals surface area contributed by atoms with Crippen molar-refractivity contribution >= 4 is 32.3 Å². The second kappa shape index (κ2) is 8.09. The predicted octanol–water partition coefficient (Wildman–Crippen LogP) is 9.58. The van der Waals surface area contributed by atoms with Crippen LogP contribution in [0.2, 0.25) is 0 Å². The van der Waals surface area contributed by atoms with Gasteiger partial charge >= 0.3 is 0 Å². The molecule has 8 rings (SSSR count). The minimum atomic E-state index is -0.127. The highest BCUT2D eigenvalue weighted by molar-refractivity contribution is 6.19. The number of aromatic nitrogens is 2. The fourth-order valence-electron chi connectivity index (χ4n) is 6.85. The first kappa shape index (κ1) is 22.2. The maximum Gasteiger partial charge on any atom is 0.0892 e. The van der Waals surface area contributed by atoms with Crippen LogP contribution < -0.4 is 0 Å². The Hall–Kier alpha value is -4.82. The minimum Gasteiger partial charge on any atom is -0.255 e. The second-order valence-corrected chi connectivity index (χ2v) is 11.0. The number of fused-ring (bicyclic) bond motifs is 10. The van der Waals surface area contributed by atoms with Crippen LogP contribution in [0.5, 0.6) is 0 Å². The highest BCUT2D eigenvalue weighted by atomic mass is 14.8. The number of nitrogens with zero attached hydrogens (tertiary/aromatic N) is 2. The molecule has 0 amide bonds. The maximum atomic E-state index is 4.57. The highest BCUT2D eigenvalue weighted by Crippen LogP contribution is 2.56. The molecule has 0 unspecified atom stereocenters. The molecule has 2 heteroatoms. The first-order valence-electron chi connectivity index (χ1n) is 13.5. The number of rotatable bonds is 2. The Morgan fingerprint density at radius 1 is 0.487 bits per heavy atom. The van der Waals surface area contributed by atoms with Crippen molar-refractivity contribution in [2.45, 2.75) is 19.3 Å². The lowest BCUT2D eigenvalue weighted by Gasteiger charge is -2.25. The normalized spacial score (nSPS) is 13.6. The molecule has 2 heterocycles. The largest absolute Gasteiger partial charge is 0.255 e. The molecule has 0 radical (unpaired) electrons. The molecule has 2 aromatic heterocycles. The highest BCUT2D eigenvalue weighted by Gasteiger charge is 2.39. The molecule has 184 valence electrons. The molecule has 0 fully saturated rings. The summed E-state index contributed by atoms with van der Waals surface area (Å²) in [5.74, 6) is 0. The Labute approximate surface area is 227 Å². The predicted molar refractivity (Wildman–Crippen MR) is 163 cm³/mol. The number of benzene rings is 5. The molecule has 0 bridgehead atoms. The average Bonchev–Trinajstić information content (AvgIpc) is 3.25. The van der Waals surface area contributed by atoms with Crippen LogP contribution in [-0.2, 0) is 5.41 Å². The van der Waals surface area contributed by atoms with Crippen molar-refractivity contribution in [2.75, 3.05) is 0 Å². The Kier molecular flexibility index (Phi) is 4.60. The molecule has 0 spiro atoms. The van der Waals surface area contributed by atoms with E-state index in [1.807, 2.05) is 30.6 Å². The van der Waals surface area contributed by atoms with Gasteiger partial charge in [-0.15, -0.1) is 0 Å². The van der Waals surface area contributed by atoms with E-state index in [9.17, 15) is 0 Å². The fourth-order valence-corrected chi connectivity index (χ4v) is 6.85. The van der Waals surface area contributed by atoms with Gasteiger partial charge in [0.15, 0.2) is 0 Å². The molecule has 5 aromatic carbocycles. The Morgan fingerprint density at radius 3 is 1.97 bits per heavy atom. The van der Waals surface area contributed by atoms with Gasteiger partial charge in [-0.3, -0.25) is 9.97 Å². The van der Waals surface area contributed by atoms with E-state index in [0.717, 1.165) is 17.0 Å². The molecule has 0 atom stereocenters. The minimum absolute atomic E-state index is 0.127. The van der Waals surface area contributed by atoms with Crippen LogP contribution in [0.1, 0.15) is 25.0 Å². The maximum absolute atomic E-state index is 4.57. The topological polar surface area (TPSA) is 25.8 Å². The van der Waals surface area contributed by atoms with Crippen LogP contribution >= 0.6 is 0 Å². The number of hydrogen-bond donors (Lipinski definition) is 0. The van der Waals surface area contributed by atoms with E-state index in [4.69, 9.17) is 0 Å². The molecule has 0 N–H and O–H groups in total. The van der Waals surface area contributed by atoms with Crippen LogP contribution in [0, 0.1) is 0 Å². The van der Waals surface area contributed by atoms with E-state index in [1.165, 1.54) is 60.1 Å². The molecule has 2 nitrogen and oxygen atoms in total. The van der Waals surface area contributed by atoms with E-state index in [0.29, 0.717) is 0 Å². The van der Waals surface area contributed by atoms with Crippen molar-refractivity contribution in [3.05, 3.63) is 133 Å². The quantitative estimate of drug-likeness (QED) is 0.222. The van der Waals surface area contributed by atoms with Gasteiger partial charge in [0.1, 0.15) is 0 Å². The monoisotopic (exact) mass is 498 g/mol. The summed E-state index contributed by atoms with van der Waals surface area (Å²) in [6.45, 7) is 4.79. The summed E-state index contributed by atoms with van der Waals surface area (Å²) >= 11 is 0. The van der Waals surface area contributed by atoms with Crippen LogP contribution in [0.15, 0.2) is 122 Å². The second-order valence-electron chi connectivity index (χ2n) is 11.0. The first-order valence-corrected chi connectivity index (χ1v) is 13.5. The third kappa shape index (κ3) is 3.15. The lowest BCUT2D eigenvalue weighted by atomic mass is 9.77. The van der Waals surface area contributed by atoms with Crippen LogP contribution in [0.25, 0.3) is 66.0 Å². The van der Waals surface area contributed by atoms with Crippen molar-refractivity contribution in [1.29, 1.82) is 0 Å². The summed E-state index contributed by atoms with van der Waals surface area (Å²) in [6.07, 6.45) is 3.69. The third-order valence-electron chi connectivity index (χ3n) is 8.49. The molecule has 0 saturated heterocycles. The SMILES string of the molecule is CC1(C)c2c(ccc3cc(-c4ccnc(-c5ccccn5)c4)ccc23)-c2c1c1ccccc1c1ccccc21. The molecular weight excluding hydrogens is 472 g/mol. The Bertz CT molecular complexity index is 2090. The van der Waals surface area contributed by atoms with E-state index in [2.05, 4.69) is 115 Å². The van der Waals surface area contributed by atoms with Gasteiger partial charge in [0, 0.05) is 17.8 Å². The summed E-state index contributed by atoms with van der Waals surface area (Å²) in [4.78, 5) is 9.06. The average molecular weight is 499 g/mol. The fraction of sp³-hybridized carbons (Fsp3) is 0.0811. The summed E-state index contributed by atoms with van der Waals surface area (Å²) in [7, 11) is 0. The zero-order valence-electron chi connectivity index (χ0n) is 21.9. The van der Waals surface area contributed by atoms with Crippen LogP contribution in [0.3, 0.4) is 0 Å². The van der Waals surface area contributed by atoms with E-state index in [-0.39, 0.29) is 5.41 Å². The molecule has 0 saturated carbocycles. The van der Waals surface area contributed by atoms with Gasteiger partial charge in [0.05, 0.1) is 11.4 Å². The molecule has 7 aromatic rings. The van der Waals surface area contributed by atoms with Gasteiger partial charge < -0.3 is 0 Å². The van der Waals surface area contributed by atoms with Crippen molar-refractivity contribution in [3.8, 4) is 33.6 Å². The van der Waals surface area contributed by atoms with Crippen molar-refractivity contribution < 1.29 is 0 Å². The Morgan fingerprint density at radius 2 is 1.18 bits per heavy atom.